The lowest BCUT2D eigenvalue weighted by Crippen LogP contribution is -2.30. The second-order valence-corrected chi connectivity index (χ2v) is 30.2. The number of aliphatic hydroxyl groups excluding tert-OH is 1. The van der Waals surface area contributed by atoms with Crippen LogP contribution in [0.2, 0.25) is 0 Å². The molecule has 0 aliphatic carbocycles. The van der Waals surface area contributed by atoms with Crippen LogP contribution in [0, 0.1) is 11.8 Å². The second kappa shape index (κ2) is 66.4. The largest absolute Gasteiger partial charge is 0.472 e. The molecule has 554 valence electrons. The highest BCUT2D eigenvalue weighted by molar-refractivity contribution is 7.47. The SMILES string of the molecule is CCCCCC/C=C\C=C/CCCCCCCC(=O)OC[C@H](COP(=O)(O)OC[C@@H](O)COP(=O)(O)OC[C@@H](COC(=O)CCCCCCCCC)OC(=O)CCCCCCCCCCCCCC(C)C)OC(=O)CCCCCCCCCCCCCCCCCC(C)C. The number of aliphatic hydroxyl groups is 1. The van der Waals surface area contributed by atoms with E-state index in [9.17, 15) is 43.2 Å². The summed E-state index contributed by atoms with van der Waals surface area (Å²) in [5.41, 5.74) is 0. The van der Waals surface area contributed by atoms with Crippen LogP contribution >= 0.6 is 15.6 Å². The summed E-state index contributed by atoms with van der Waals surface area (Å²) in [5, 5.41) is 10.6. The van der Waals surface area contributed by atoms with E-state index in [4.69, 9.17) is 37.0 Å². The molecule has 0 heterocycles. The molecule has 0 bridgehead atoms. The Hall–Kier alpha value is -2.46. The summed E-state index contributed by atoms with van der Waals surface area (Å²) in [7, 11) is -9.92. The van der Waals surface area contributed by atoms with Gasteiger partial charge in [-0.15, -0.1) is 0 Å². The Bertz CT molecular complexity index is 1910. The summed E-state index contributed by atoms with van der Waals surface area (Å²) < 4.78 is 68.3. The van der Waals surface area contributed by atoms with Crippen molar-refractivity contribution < 1.29 is 80.2 Å². The number of hydrogen-bond donors (Lipinski definition) is 3. The molecule has 0 spiro atoms. The van der Waals surface area contributed by atoms with E-state index in [1.807, 2.05) is 0 Å². The van der Waals surface area contributed by atoms with Gasteiger partial charge >= 0.3 is 39.5 Å². The average Bonchev–Trinajstić information content (AvgIpc) is 1.94. The summed E-state index contributed by atoms with van der Waals surface area (Å²) in [6, 6.07) is 0. The molecule has 94 heavy (non-hydrogen) atoms. The minimum Gasteiger partial charge on any atom is -0.462 e. The van der Waals surface area contributed by atoms with Gasteiger partial charge in [0.25, 0.3) is 0 Å². The Labute approximate surface area is 573 Å². The van der Waals surface area contributed by atoms with Crippen molar-refractivity contribution in [2.45, 2.75) is 381 Å². The quantitative estimate of drug-likeness (QED) is 0.0169. The van der Waals surface area contributed by atoms with Crippen molar-refractivity contribution in [3.8, 4) is 0 Å². The normalized spacial score (nSPS) is 14.2. The Morgan fingerprint density at radius 1 is 0.330 bits per heavy atom. The van der Waals surface area contributed by atoms with Crippen LogP contribution < -0.4 is 0 Å². The van der Waals surface area contributed by atoms with Crippen molar-refractivity contribution in [1.29, 1.82) is 0 Å². The highest BCUT2D eigenvalue weighted by Gasteiger charge is 2.30. The lowest BCUT2D eigenvalue weighted by molar-refractivity contribution is -0.161. The van der Waals surface area contributed by atoms with Crippen LogP contribution in [0.1, 0.15) is 363 Å². The molecule has 0 rings (SSSR count). The fraction of sp³-hybridized carbons (Fsp3) is 0.893. The molecule has 0 aliphatic rings. The van der Waals surface area contributed by atoms with Crippen molar-refractivity contribution in [3.63, 3.8) is 0 Å². The highest BCUT2D eigenvalue weighted by atomic mass is 31.2. The van der Waals surface area contributed by atoms with Crippen LogP contribution in [-0.4, -0.2) is 96.7 Å². The lowest BCUT2D eigenvalue weighted by atomic mass is 10.0. The van der Waals surface area contributed by atoms with Crippen LogP contribution in [0.5, 0.6) is 0 Å². The predicted molar refractivity (Wildman–Crippen MR) is 381 cm³/mol. The van der Waals surface area contributed by atoms with Gasteiger partial charge < -0.3 is 33.8 Å². The fourth-order valence-corrected chi connectivity index (χ4v) is 12.5. The van der Waals surface area contributed by atoms with Crippen LogP contribution in [0.3, 0.4) is 0 Å². The molecule has 0 aromatic carbocycles. The number of ether oxygens (including phenoxy) is 4. The van der Waals surface area contributed by atoms with E-state index < -0.39 is 97.5 Å². The smallest absolute Gasteiger partial charge is 0.462 e. The van der Waals surface area contributed by atoms with Gasteiger partial charge in [0, 0.05) is 25.7 Å². The number of carbonyl (C=O) groups excluding carboxylic acids is 4. The monoisotopic (exact) mass is 1380 g/mol. The number of phosphoric ester groups is 2. The summed E-state index contributed by atoms with van der Waals surface area (Å²) in [4.78, 5) is 72.6. The van der Waals surface area contributed by atoms with Crippen molar-refractivity contribution in [1.82, 2.24) is 0 Å². The van der Waals surface area contributed by atoms with Gasteiger partial charge in [-0.25, -0.2) is 9.13 Å². The van der Waals surface area contributed by atoms with Gasteiger partial charge in [-0.2, -0.15) is 0 Å². The molecular formula is C75H142O17P2. The van der Waals surface area contributed by atoms with Gasteiger partial charge in [-0.3, -0.25) is 37.3 Å². The summed E-state index contributed by atoms with van der Waals surface area (Å²) >= 11 is 0. The molecule has 0 radical (unpaired) electrons. The van der Waals surface area contributed by atoms with Gasteiger partial charge in [0.1, 0.15) is 19.3 Å². The van der Waals surface area contributed by atoms with Crippen molar-refractivity contribution in [2.75, 3.05) is 39.6 Å². The molecule has 0 aromatic rings. The maximum Gasteiger partial charge on any atom is 0.472 e. The second-order valence-electron chi connectivity index (χ2n) is 27.3. The third-order valence-corrected chi connectivity index (χ3v) is 18.7. The minimum absolute atomic E-state index is 0.101. The van der Waals surface area contributed by atoms with E-state index >= 15 is 0 Å². The van der Waals surface area contributed by atoms with Crippen molar-refractivity contribution in [2.24, 2.45) is 11.8 Å². The summed E-state index contributed by atoms with van der Waals surface area (Å²) in [6.07, 6.45) is 56.4. The molecule has 0 aromatic heterocycles. The minimum atomic E-state index is -4.96. The van der Waals surface area contributed by atoms with E-state index in [1.165, 1.54) is 148 Å². The average molecular weight is 1380 g/mol. The molecule has 2 unspecified atom stereocenters. The topological polar surface area (TPSA) is 237 Å². The third-order valence-electron chi connectivity index (χ3n) is 16.8. The van der Waals surface area contributed by atoms with Gasteiger partial charge in [0.2, 0.25) is 0 Å². The first-order chi connectivity index (χ1) is 45.4. The number of carbonyl (C=O) groups is 4. The molecule has 0 saturated heterocycles. The Morgan fingerprint density at radius 3 is 0.872 bits per heavy atom. The molecule has 0 aliphatic heterocycles. The zero-order valence-corrected chi connectivity index (χ0v) is 62.5. The lowest BCUT2D eigenvalue weighted by Gasteiger charge is -2.21. The predicted octanol–water partition coefficient (Wildman–Crippen LogP) is 21.5. The molecule has 17 nitrogen and oxygen atoms in total. The van der Waals surface area contributed by atoms with E-state index in [0.717, 1.165) is 134 Å². The molecule has 0 saturated carbocycles. The van der Waals surface area contributed by atoms with Crippen molar-refractivity contribution >= 4 is 39.5 Å². The standard InChI is InChI=1S/C75H142O17P2/c1-7-9-11-13-15-16-17-18-20-24-29-34-40-46-52-58-73(78)86-64-71(92-74(79)59-53-47-41-35-30-25-22-19-21-23-27-32-38-43-49-55-67(3)4)66-90-94(83,84)88-62-69(76)61-87-93(81,82)89-65-70(63-85-72(77)57-51-45-37-14-12-10-8-2)91-75(80)60-54-48-42-36-31-26-28-33-39-44-50-56-68(5)6/h16-18,20,67-71,76H,7-15,19,21-66H2,1-6H3,(H,81,82)(H,83,84)/b17-16-,20-18-/t69-,70+,71+/m0/s1. The number of esters is 4. The number of rotatable bonds is 72. The number of unbranched alkanes of at least 4 members (excludes halogenated alkanes) is 39. The fourth-order valence-electron chi connectivity index (χ4n) is 10.9. The van der Waals surface area contributed by atoms with Crippen molar-refractivity contribution in [3.05, 3.63) is 24.3 Å². The van der Waals surface area contributed by atoms with E-state index in [-0.39, 0.29) is 25.7 Å². The Balaban J connectivity index is 5.23. The van der Waals surface area contributed by atoms with Crippen LogP contribution in [0.4, 0.5) is 0 Å². The van der Waals surface area contributed by atoms with E-state index in [2.05, 4.69) is 65.8 Å². The molecule has 0 fully saturated rings. The molecule has 3 N–H and O–H groups in total. The molecule has 19 heteroatoms. The zero-order chi connectivity index (χ0) is 69.3. The molecular weight excluding hydrogens is 1230 g/mol. The maximum absolute atomic E-state index is 13.1. The van der Waals surface area contributed by atoms with Crippen LogP contribution in [0.25, 0.3) is 0 Å². The number of allylic oxidation sites excluding steroid dienone is 4. The molecule has 0 amide bonds. The first-order valence-electron chi connectivity index (χ1n) is 38.3. The maximum atomic E-state index is 13.1. The first kappa shape index (κ1) is 91.5. The van der Waals surface area contributed by atoms with Crippen LogP contribution in [-0.2, 0) is 65.4 Å². The first-order valence-corrected chi connectivity index (χ1v) is 41.3. The van der Waals surface area contributed by atoms with E-state index in [0.29, 0.717) is 25.7 Å². The van der Waals surface area contributed by atoms with Gasteiger partial charge in [0.15, 0.2) is 12.2 Å². The molecule has 5 atom stereocenters. The van der Waals surface area contributed by atoms with Gasteiger partial charge in [0.05, 0.1) is 26.4 Å². The van der Waals surface area contributed by atoms with Gasteiger partial charge in [-0.05, 0) is 63.2 Å². The zero-order valence-electron chi connectivity index (χ0n) is 60.7. The van der Waals surface area contributed by atoms with E-state index in [1.54, 1.807) is 0 Å². The van der Waals surface area contributed by atoms with Crippen LogP contribution in [0.15, 0.2) is 24.3 Å². The third kappa shape index (κ3) is 68.1. The summed E-state index contributed by atoms with van der Waals surface area (Å²) in [6.45, 7) is 9.50. The number of hydrogen-bond acceptors (Lipinski definition) is 15. The number of phosphoric acid groups is 2. The van der Waals surface area contributed by atoms with Gasteiger partial charge in [-0.1, -0.05) is 310 Å². The highest BCUT2D eigenvalue weighted by Crippen LogP contribution is 2.45. The Morgan fingerprint density at radius 2 is 0.574 bits per heavy atom. The Kier molecular flexibility index (Phi) is 64.7. The summed E-state index contributed by atoms with van der Waals surface area (Å²) in [5.74, 6) is -0.587.